The average Bonchev–Trinajstić information content (AvgIpc) is 2.63. The third-order valence-corrected chi connectivity index (χ3v) is 3.79. The Hall–Kier alpha value is -2.44. The van der Waals surface area contributed by atoms with Crippen molar-refractivity contribution < 1.29 is 9.53 Å². The molecule has 23 heavy (non-hydrogen) atoms. The molecule has 0 radical (unpaired) electrons. The van der Waals surface area contributed by atoms with E-state index in [-0.39, 0.29) is 5.91 Å². The van der Waals surface area contributed by atoms with Gasteiger partial charge in [-0.2, -0.15) is 0 Å². The standard InChI is InChI=1S/C17H20N4O2/c18-16(13-4-2-1-3-5-13)17(22)20-14-6-7-15(19-12-14)21-8-10-23-11-9-21/h1-7,12,16H,8-11,18H2,(H,20,22). The van der Waals surface area contributed by atoms with Gasteiger partial charge in [-0.05, 0) is 17.7 Å². The summed E-state index contributed by atoms with van der Waals surface area (Å²) in [6.45, 7) is 3.09. The molecule has 1 unspecified atom stereocenters. The molecule has 3 N–H and O–H groups in total. The minimum atomic E-state index is -0.699. The Morgan fingerprint density at radius 3 is 2.57 bits per heavy atom. The molecule has 1 aliphatic rings. The van der Waals surface area contributed by atoms with E-state index in [1.54, 1.807) is 6.20 Å². The molecule has 3 rings (SSSR count). The van der Waals surface area contributed by atoms with E-state index in [2.05, 4.69) is 15.2 Å². The number of benzene rings is 1. The van der Waals surface area contributed by atoms with Gasteiger partial charge in [-0.25, -0.2) is 4.98 Å². The van der Waals surface area contributed by atoms with Crippen LogP contribution in [0.2, 0.25) is 0 Å². The quantitative estimate of drug-likeness (QED) is 0.895. The average molecular weight is 312 g/mol. The van der Waals surface area contributed by atoms with Crippen molar-refractivity contribution in [3.63, 3.8) is 0 Å². The Kier molecular flexibility index (Phi) is 4.85. The van der Waals surface area contributed by atoms with E-state index in [1.165, 1.54) is 0 Å². The van der Waals surface area contributed by atoms with Crippen LogP contribution in [0, 0.1) is 0 Å². The van der Waals surface area contributed by atoms with E-state index in [0.717, 1.165) is 24.5 Å². The molecule has 0 saturated carbocycles. The normalized spacial score (nSPS) is 16.0. The molecule has 0 aliphatic carbocycles. The fourth-order valence-electron chi connectivity index (χ4n) is 2.47. The second-order valence-corrected chi connectivity index (χ2v) is 5.38. The number of carbonyl (C=O) groups excluding carboxylic acids is 1. The van der Waals surface area contributed by atoms with Crippen molar-refractivity contribution in [2.45, 2.75) is 6.04 Å². The number of aromatic nitrogens is 1. The summed E-state index contributed by atoms with van der Waals surface area (Å²) < 4.78 is 5.33. The first-order valence-corrected chi connectivity index (χ1v) is 7.64. The van der Waals surface area contributed by atoms with Crippen LogP contribution in [0.1, 0.15) is 11.6 Å². The predicted molar refractivity (Wildman–Crippen MR) is 89.3 cm³/mol. The van der Waals surface area contributed by atoms with E-state index >= 15 is 0 Å². The van der Waals surface area contributed by atoms with Gasteiger partial charge in [0.2, 0.25) is 5.91 Å². The van der Waals surface area contributed by atoms with Gasteiger partial charge in [-0.15, -0.1) is 0 Å². The topological polar surface area (TPSA) is 80.5 Å². The van der Waals surface area contributed by atoms with E-state index in [9.17, 15) is 4.79 Å². The molecule has 2 aromatic rings. The molecule has 1 aromatic carbocycles. The zero-order chi connectivity index (χ0) is 16.1. The van der Waals surface area contributed by atoms with Crippen LogP contribution in [0.25, 0.3) is 0 Å². The van der Waals surface area contributed by atoms with Crippen LogP contribution < -0.4 is 16.0 Å². The van der Waals surface area contributed by atoms with Crippen molar-refractivity contribution in [3.05, 3.63) is 54.2 Å². The van der Waals surface area contributed by atoms with Gasteiger partial charge in [-0.3, -0.25) is 4.79 Å². The lowest BCUT2D eigenvalue weighted by atomic mass is 10.1. The molecule has 0 spiro atoms. The number of nitrogens with one attached hydrogen (secondary N) is 1. The Morgan fingerprint density at radius 2 is 1.91 bits per heavy atom. The molecule has 6 nitrogen and oxygen atoms in total. The van der Waals surface area contributed by atoms with Crippen LogP contribution in [0.4, 0.5) is 11.5 Å². The lowest BCUT2D eigenvalue weighted by molar-refractivity contribution is -0.117. The molecule has 1 saturated heterocycles. The van der Waals surface area contributed by atoms with Gasteiger partial charge >= 0.3 is 0 Å². The summed E-state index contributed by atoms with van der Waals surface area (Å²) >= 11 is 0. The summed E-state index contributed by atoms with van der Waals surface area (Å²) in [6.07, 6.45) is 1.65. The van der Waals surface area contributed by atoms with Gasteiger partial charge in [0, 0.05) is 13.1 Å². The first-order chi connectivity index (χ1) is 11.2. The van der Waals surface area contributed by atoms with Gasteiger partial charge in [0.15, 0.2) is 0 Å². The zero-order valence-corrected chi connectivity index (χ0v) is 12.8. The number of hydrogen-bond donors (Lipinski definition) is 2. The van der Waals surface area contributed by atoms with Gasteiger partial charge in [-0.1, -0.05) is 30.3 Å². The van der Waals surface area contributed by atoms with E-state index in [0.29, 0.717) is 18.9 Å². The minimum absolute atomic E-state index is 0.253. The third-order valence-electron chi connectivity index (χ3n) is 3.79. The summed E-state index contributed by atoms with van der Waals surface area (Å²) in [5, 5.41) is 2.80. The Morgan fingerprint density at radius 1 is 1.17 bits per heavy atom. The highest BCUT2D eigenvalue weighted by Crippen LogP contribution is 2.17. The number of hydrogen-bond acceptors (Lipinski definition) is 5. The summed E-state index contributed by atoms with van der Waals surface area (Å²) in [4.78, 5) is 18.8. The molecule has 6 heteroatoms. The maximum Gasteiger partial charge on any atom is 0.245 e. The first kappa shape index (κ1) is 15.5. The first-order valence-electron chi connectivity index (χ1n) is 7.64. The highest BCUT2D eigenvalue weighted by Gasteiger charge is 2.16. The Bertz CT molecular complexity index is 639. The zero-order valence-electron chi connectivity index (χ0n) is 12.8. The molecule has 1 atom stereocenters. The van der Waals surface area contributed by atoms with Crippen LogP contribution in [0.5, 0.6) is 0 Å². The molecule has 1 fully saturated rings. The second-order valence-electron chi connectivity index (χ2n) is 5.38. The van der Waals surface area contributed by atoms with Crippen LogP contribution in [0.3, 0.4) is 0 Å². The number of amides is 1. The van der Waals surface area contributed by atoms with Crippen molar-refractivity contribution in [2.75, 3.05) is 36.5 Å². The second kappa shape index (κ2) is 7.21. The van der Waals surface area contributed by atoms with Gasteiger partial charge in [0.25, 0.3) is 0 Å². The smallest absolute Gasteiger partial charge is 0.245 e. The fraction of sp³-hybridized carbons (Fsp3) is 0.294. The van der Waals surface area contributed by atoms with Crippen LogP contribution in [-0.4, -0.2) is 37.2 Å². The van der Waals surface area contributed by atoms with Crippen LogP contribution >= 0.6 is 0 Å². The summed E-state index contributed by atoms with van der Waals surface area (Å²) in [5.41, 5.74) is 7.40. The number of rotatable bonds is 4. The molecular formula is C17H20N4O2. The predicted octanol–water partition coefficient (Wildman–Crippen LogP) is 1.56. The monoisotopic (exact) mass is 312 g/mol. The van der Waals surface area contributed by atoms with E-state index in [4.69, 9.17) is 10.5 Å². The molecule has 1 amide bonds. The number of morpholine rings is 1. The van der Waals surface area contributed by atoms with Gasteiger partial charge < -0.3 is 20.7 Å². The van der Waals surface area contributed by atoms with E-state index in [1.807, 2.05) is 42.5 Å². The van der Waals surface area contributed by atoms with Crippen molar-refractivity contribution >= 4 is 17.4 Å². The fourth-order valence-corrected chi connectivity index (χ4v) is 2.47. The maximum atomic E-state index is 12.2. The largest absolute Gasteiger partial charge is 0.378 e. The van der Waals surface area contributed by atoms with Crippen molar-refractivity contribution in [2.24, 2.45) is 5.73 Å². The highest BCUT2D eigenvalue weighted by molar-refractivity contribution is 5.95. The van der Waals surface area contributed by atoms with E-state index < -0.39 is 6.04 Å². The molecule has 1 aromatic heterocycles. The Labute approximate surface area is 135 Å². The summed E-state index contributed by atoms with van der Waals surface area (Å²) in [5.74, 6) is 0.635. The lowest BCUT2D eigenvalue weighted by Crippen LogP contribution is -2.36. The number of ether oxygens (including phenoxy) is 1. The summed E-state index contributed by atoms with van der Waals surface area (Å²) in [6, 6.07) is 12.3. The van der Waals surface area contributed by atoms with Crippen molar-refractivity contribution in [3.8, 4) is 0 Å². The van der Waals surface area contributed by atoms with Gasteiger partial charge in [0.05, 0.1) is 25.1 Å². The third kappa shape index (κ3) is 3.85. The molecule has 1 aliphatic heterocycles. The van der Waals surface area contributed by atoms with Crippen LogP contribution in [-0.2, 0) is 9.53 Å². The van der Waals surface area contributed by atoms with Crippen molar-refractivity contribution in [1.29, 1.82) is 0 Å². The number of carbonyl (C=O) groups is 1. The SMILES string of the molecule is NC(C(=O)Nc1ccc(N2CCOCC2)nc1)c1ccccc1. The minimum Gasteiger partial charge on any atom is -0.378 e. The highest BCUT2D eigenvalue weighted by atomic mass is 16.5. The number of nitrogens with zero attached hydrogens (tertiary/aromatic N) is 2. The van der Waals surface area contributed by atoms with Gasteiger partial charge in [0.1, 0.15) is 11.9 Å². The molecule has 2 heterocycles. The Balaban J connectivity index is 1.62. The number of pyridine rings is 1. The number of anilines is 2. The number of nitrogens with two attached hydrogens (primary N) is 1. The molecule has 120 valence electrons. The molecular weight excluding hydrogens is 292 g/mol. The van der Waals surface area contributed by atoms with Crippen molar-refractivity contribution in [1.82, 2.24) is 4.98 Å². The van der Waals surface area contributed by atoms with Crippen LogP contribution in [0.15, 0.2) is 48.7 Å². The summed E-state index contributed by atoms with van der Waals surface area (Å²) in [7, 11) is 0. The molecule has 0 bridgehead atoms. The maximum absolute atomic E-state index is 12.2. The lowest BCUT2D eigenvalue weighted by Gasteiger charge is -2.27.